The van der Waals surface area contributed by atoms with Crippen LogP contribution in [0.4, 0.5) is 5.82 Å². The SMILES string of the molecule is CC1CCC(C(=O)Cc2ccnc(N)c2)CC1. The molecule has 0 spiro atoms. The highest BCUT2D eigenvalue weighted by Crippen LogP contribution is 2.29. The molecule has 1 aliphatic carbocycles. The molecule has 1 saturated carbocycles. The Kier molecular flexibility index (Phi) is 3.77. The van der Waals surface area contributed by atoms with Gasteiger partial charge in [0, 0.05) is 18.5 Å². The van der Waals surface area contributed by atoms with Crippen molar-refractivity contribution in [3.8, 4) is 0 Å². The van der Waals surface area contributed by atoms with Gasteiger partial charge in [0.2, 0.25) is 0 Å². The van der Waals surface area contributed by atoms with Gasteiger partial charge < -0.3 is 5.73 Å². The van der Waals surface area contributed by atoms with E-state index in [2.05, 4.69) is 11.9 Å². The van der Waals surface area contributed by atoms with Gasteiger partial charge in [-0.3, -0.25) is 4.79 Å². The molecule has 17 heavy (non-hydrogen) atoms. The normalized spacial score (nSPS) is 24.5. The molecule has 0 unspecified atom stereocenters. The molecule has 1 fully saturated rings. The molecule has 0 aliphatic heterocycles. The number of ketones is 1. The van der Waals surface area contributed by atoms with E-state index in [4.69, 9.17) is 5.73 Å². The quantitative estimate of drug-likeness (QED) is 0.871. The van der Waals surface area contributed by atoms with Crippen molar-refractivity contribution < 1.29 is 4.79 Å². The van der Waals surface area contributed by atoms with Gasteiger partial charge in [0.15, 0.2) is 0 Å². The third-order valence-corrected chi connectivity index (χ3v) is 3.70. The number of carbonyl (C=O) groups is 1. The third-order valence-electron chi connectivity index (χ3n) is 3.70. The topological polar surface area (TPSA) is 56.0 Å². The summed E-state index contributed by atoms with van der Waals surface area (Å²) < 4.78 is 0. The molecule has 1 aromatic rings. The smallest absolute Gasteiger partial charge is 0.140 e. The zero-order valence-corrected chi connectivity index (χ0v) is 10.4. The molecular weight excluding hydrogens is 212 g/mol. The van der Waals surface area contributed by atoms with Crippen LogP contribution in [0.25, 0.3) is 0 Å². The summed E-state index contributed by atoms with van der Waals surface area (Å²) >= 11 is 0. The van der Waals surface area contributed by atoms with Crippen LogP contribution < -0.4 is 5.73 Å². The van der Waals surface area contributed by atoms with E-state index in [1.54, 1.807) is 12.3 Å². The molecule has 1 aliphatic rings. The number of nitrogens with two attached hydrogens (primary N) is 1. The van der Waals surface area contributed by atoms with E-state index in [-0.39, 0.29) is 5.92 Å². The summed E-state index contributed by atoms with van der Waals surface area (Å²) in [6.07, 6.45) is 6.66. The average molecular weight is 232 g/mol. The summed E-state index contributed by atoms with van der Waals surface area (Å²) in [5, 5.41) is 0. The Balaban J connectivity index is 1.93. The van der Waals surface area contributed by atoms with Gasteiger partial charge in [0.25, 0.3) is 0 Å². The molecule has 2 rings (SSSR count). The standard InChI is InChI=1S/C14H20N2O/c1-10-2-4-12(5-3-10)13(17)8-11-6-7-16-14(15)9-11/h6-7,9-10,12H,2-5,8H2,1H3,(H2,15,16). The largest absolute Gasteiger partial charge is 0.384 e. The summed E-state index contributed by atoms with van der Waals surface area (Å²) in [4.78, 5) is 16.1. The van der Waals surface area contributed by atoms with E-state index in [1.807, 2.05) is 6.07 Å². The molecule has 0 saturated heterocycles. The van der Waals surface area contributed by atoms with Gasteiger partial charge in [-0.2, -0.15) is 0 Å². The van der Waals surface area contributed by atoms with Crippen LogP contribution in [0, 0.1) is 11.8 Å². The van der Waals surface area contributed by atoms with Crippen molar-refractivity contribution in [3.05, 3.63) is 23.9 Å². The van der Waals surface area contributed by atoms with Crippen molar-refractivity contribution in [2.24, 2.45) is 11.8 Å². The van der Waals surface area contributed by atoms with Gasteiger partial charge in [-0.05, 0) is 36.5 Å². The second-order valence-corrected chi connectivity index (χ2v) is 5.19. The van der Waals surface area contributed by atoms with Crippen LogP contribution in [0.2, 0.25) is 0 Å². The zero-order valence-electron chi connectivity index (χ0n) is 10.4. The lowest BCUT2D eigenvalue weighted by Gasteiger charge is -2.25. The van der Waals surface area contributed by atoms with Crippen molar-refractivity contribution in [1.29, 1.82) is 0 Å². The predicted octanol–water partition coefficient (Wildman–Crippen LogP) is 2.60. The summed E-state index contributed by atoms with van der Waals surface area (Å²) in [6, 6.07) is 3.67. The Morgan fingerprint density at radius 3 is 2.76 bits per heavy atom. The van der Waals surface area contributed by atoms with Crippen LogP contribution in [-0.2, 0) is 11.2 Å². The molecule has 0 bridgehead atoms. The van der Waals surface area contributed by atoms with Crippen molar-refractivity contribution in [3.63, 3.8) is 0 Å². The van der Waals surface area contributed by atoms with Crippen LogP contribution in [0.3, 0.4) is 0 Å². The molecule has 3 heteroatoms. The molecule has 2 N–H and O–H groups in total. The molecule has 0 radical (unpaired) electrons. The highest BCUT2D eigenvalue weighted by molar-refractivity contribution is 5.83. The molecular formula is C14H20N2O. The van der Waals surface area contributed by atoms with E-state index < -0.39 is 0 Å². The second-order valence-electron chi connectivity index (χ2n) is 5.19. The number of hydrogen-bond donors (Lipinski definition) is 1. The number of rotatable bonds is 3. The van der Waals surface area contributed by atoms with Gasteiger partial charge in [-0.25, -0.2) is 4.98 Å². The number of hydrogen-bond acceptors (Lipinski definition) is 3. The Bertz CT molecular complexity index is 395. The average Bonchev–Trinajstić information content (AvgIpc) is 2.29. The van der Waals surface area contributed by atoms with Crippen LogP contribution in [0.1, 0.15) is 38.2 Å². The first-order valence-corrected chi connectivity index (χ1v) is 6.38. The minimum atomic E-state index is 0.264. The first-order chi connectivity index (χ1) is 8.15. The Hall–Kier alpha value is -1.38. The van der Waals surface area contributed by atoms with Crippen molar-refractivity contribution in [2.75, 3.05) is 5.73 Å². The number of pyridine rings is 1. The van der Waals surface area contributed by atoms with Gasteiger partial charge in [0.05, 0.1) is 0 Å². The summed E-state index contributed by atoms with van der Waals surface area (Å²) in [5.74, 6) is 1.91. The van der Waals surface area contributed by atoms with Gasteiger partial charge in [-0.1, -0.05) is 19.8 Å². The molecule has 1 aromatic heterocycles. The number of nitrogen functional groups attached to an aromatic ring is 1. The summed E-state index contributed by atoms with van der Waals surface area (Å²) in [7, 11) is 0. The summed E-state index contributed by atoms with van der Waals surface area (Å²) in [6.45, 7) is 2.27. The first-order valence-electron chi connectivity index (χ1n) is 6.38. The maximum atomic E-state index is 12.1. The number of nitrogens with zero attached hydrogens (tertiary/aromatic N) is 1. The fraction of sp³-hybridized carbons (Fsp3) is 0.571. The minimum Gasteiger partial charge on any atom is -0.384 e. The minimum absolute atomic E-state index is 0.264. The van der Waals surface area contributed by atoms with Crippen LogP contribution >= 0.6 is 0 Å². The molecule has 0 amide bonds. The van der Waals surface area contributed by atoms with Crippen molar-refractivity contribution >= 4 is 11.6 Å². The van der Waals surface area contributed by atoms with Gasteiger partial charge in [0.1, 0.15) is 11.6 Å². The monoisotopic (exact) mass is 232 g/mol. The first kappa shape index (κ1) is 12.1. The molecule has 0 atom stereocenters. The van der Waals surface area contributed by atoms with E-state index >= 15 is 0 Å². The lowest BCUT2D eigenvalue weighted by atomic mass is 9.80. The highest BCUT2D eigenvalue weighted by atomic mass is 16.1. The molecule has 1 heterocycles. The predicted molar refractivity (Wildman–Crippen MR) is 68.5 cm³/mol. The van der Waals surface area contributed by atoms with Gasteiger partial charge >= 0.3 is 0 Å². The second kappa shape index (κ2) is 5.30. The van der Waals surface area contributed by atoms with Crippen LogP contribution in [0.5, 0.6) is 0 Å². The molecule has 3 nitrogen and oxygen atoms in total. The highest BCUT2D eigenvalue weighted by Gasteiger charge is 2.24. The number of carbonyl (C=O) groups excluding carboxylic acids is 1. The van der Waals surface area contributed by atoms with Crippen molar-refractivity contribution in [2.45, 2.75) is 39.0 Å². The Labute approximate surface area is 102 Å². The zero-order chi connectivity index (χ0) is 12.3. The Morgan fingerprint density at radius 2 is 2.12 bits per heavy atom. The number of Topliss-reactive ketones (excluding diaryl/α,β-unsaturated/α-hetero) is 1. The molecule has 0 aromatic carbocycles. The van der Waals surface area contributed by atoms with Gasteiger partial charge in [-0.15, -0.1) is 0 Å². The lowest BCUT2D eigenvalue weighted by Crippen LogP contribution is -2.22. The van der Waals surface area contributed by atoms with E-state index in [0.29, 0.717) is 18.0 Å². The van der Waals surface area contributed by atoms with Crippen LogP contribution in [0.15, 0.2) is 18.3 Å². The fourth-order valence-electron chi connectivity index (χ4n) is 2.53. The van der Waals surface area contributed by atoms with Crippen LogP contribution in [-0.4, -0.2) is 10.8 Å². The Morgan fingerprint density at radius 1 is 1.41 bits per heavy atom. The lowest BCUT2D eigenvalue weighted by molar-refractivity contribution is -0.123. The third kappa shape index (κ3) is 3.29. The van der Waals surface area contributed by atoms with E-state index in [9.17, 15) is 4.79 Å². The van der Waals surface area contributed by atoms with E-state index in [0.717, 1.165) is 24.3 Å². The van der Waals surface area contributed by atoms with E-state index in [1.165, 1.54) is 12.8 Å². The van der Waals surface area contributed by atoms with Crippen molar-refractivity contribution in [1.82, 2.24) is 4.98 Å². The fourth-order valence-corrected chi connectivity index (χ4v) is 2.53. The summed E-state index contributed by atoms with van der Waals surface area (Å²) in [5.41, 5.74) is 6.60. The molecule has 92 valence electrons. The maximum absolute atomic E-state index is 12.1. The number of anilines is 1. The number of aromatic nitrogens is 1. The maximum Gasteiger partial charge on any atom is 0.140 e.